The monoisotopic (exact) mass is 1310 g/mol. The SMILES string of the molecule is Cc1cccc(C2=CC(F)(C(C)(C)CC(C)(C)C)CC(n3c4cc(C(C)(C)C)ccc4c4ccc(C(C)(C)C)cc43)=C2O)c1.Cc1cccc(C2=CC(F)(C(C)(C)CC(C)(C)C)CC(n3c4cc(C(C)(C)C)ccc4c4ccc(C(C)(C)C)cc43)=C2O)c1.[CH3][Zr][CH3]. The second-order valence-electron chi connectivity index (χ2n) is 34.9. The van der Waals surface area contributed by atoms with Crippen LogP contribution in [0, 0.1) is 35.5 Å². The maximum atomic E-state index is 18.0. The van der Waals surface area contributed by atoms with Crippen molar-refractivity contribution < 1.29 is 42.2 Å². The molecule has 0 spiro atoms. The van der Waals surface area contributed by atoms with Gasteiger partial charge in [-0.25, -0.2) is 8.78 Å². The predicted molar refractivity (Wildman–Crippen MR) is 388 cm³/mol. The fourth-order valence-corrected chi connectivity index (χ4v) is 14.4. The number of allylic oxidation sites excluding steroid dienone is 6. The van der Waals surface area contributed by atoms with Crippen molar-refractivity contribution in [2.24, 2.45) is 21.7 Å². The fraction of sp³-hybridized carbons (Fsp3) is 0.476. The molecule has 8 aromatic rings. The molecule has 0 radical (unpaired) electrons. The molecule has 0 bridgehead atoms. The summed E-state index contributed by atoms with van der Waals surface area (Å²) < 4.78 is 45.0. The van der Waals surface area contributed by atoms with Gasteiger partial charge in [0.15, 0.2) is 0 Å². The third kappa shape index (κ3) is 14.8. The molecule has 91 heavy (non-hydrogen) atoms. The van der Waals surface area contributed by atoms with E-state index in [9.17, 15) is 10.2 Å². The Labute approximate surface area is 559 Å². The van der Waals surface area contributed by atoms with Crippen LogP contribution in [0.2, 0.25) is 9.26 Å². The Morgan fingerprint density at radius 2 is 0.648 bits per heavy atom. The van der Waals surface area contributed by atoms with Crippen molar-refractivity contribution in [3.05, 3.63) is 190 Å². The maximum absolute atomic E-state index is 18.0. The van der Waals surface area contributed by atoms with Crippen LogP contribution in [0.5, 0.6) is 0 Å². The van der Waals surface area contributed by atoms with Crippen LogP contribution in [-0.4, -0.2) is 30.7 Å². The zero-order valence-electron chi connectivity index (χ0n) is 60.6. The molecule has 6 aromatic carbocycles. The minimum atomic E-state index is -1.70. The van der Waals surface area contributed by atoms with Crippen LogP contribution in [-0.2, 0) is 44.9 Å². The summed E-state index contributed by atoms with van der Waals surface area (Å²) in [7, 11) is 0. The molecular weight excluding hydrogens is 1200 g/mol. The minimum absolute atomic E-state index is 0.0692. The normalized spacial score (nSPS) is 18.3. The van der Waals surface area contributed by atoms with Crippen LogP contribution >= 0.6 is 0 Å². The number of aryl methyl sites for hydroxylation is 2. The molecule has 2 N–H and O–H groups in total. The van der Waals surface area contributed by atoms with Crippen LogP contribution < -0.4 is 0 Å². The summed E-state index contributed by atoms with van der Waals surface area (Å²) in [5.41, 5.74) is 9.78. The van der Waals surface area contributed by atoms with E-state index in [1.165, 1.54) is 22.3 Å². The van der Waals surface area contributed by atoms with Crippen molar-refractivity contribution in [2.75, 3.05) is 0 Å². The number of aromatic nitrogens is 2. The fourth-order valence-electron chi connectivity index (χ4n) is 14.4. The zero-order valence-corrected chi connectivity index (χ0v) is 63.0. The Kier molecular flexibility index (Phi) is 19.4. The number of alkyl halides is 2. The summed E-state index contributed by atoms with van der Waals surface area (Å²) in [6.07, 6.45) is 4.99. The average molecular weight is 1310 g/mol. The van der Waals surface area contributed by atoms with Crippen molar-refractivity contribution in [3.8, 4) is 0 Å². The summed E-state index contributed by atoms with van der Waals surface area (Å²) in [6.45, 7) is 51.9. The second-order valence-corrected chi connectivity index (χ2v) is 37.3. The van der Waals surface area contributed by atoms with Gasteiger partial charge in [0.1, 0.15) is 22.9 Å². The molecule has 2 heterocycles. The van der Waals surface area contributed by atoms with Crippen LogP contribution in [0.4, 0.5) is 8.78 Å². The molecule has 0 aliphatic heterocycles. The number of hydrogen-bond acceptors (Lipinski definition) is 2. The van der Waals surface area contributed by atoms with Gasteiger partial charge in [-0.15, -0.1) is 0 Å². The number of benzene rings is 6. The van der Waals surface area contributed by atoms with E-state index in [1.54, 1.807) is 12.2 Å². The van der Waals surface area contributed by atoms with Gasteiger partial charge in [-0.1, -0.05) is 261 Å². The summed E-state index contributed by atoms with van der Waals surface area (Å²) >= 11 is 0.230. The van der Waals surface area contributed by atoms with Crippen molar-refractivity contribution >= 4 is 66.2 Å². The molecule has 2 aromatic heterocycles. The first-order chi connectivity index (χ1) is 41.6. The third-order valence-electron chi connectivity index (χ3n) is 19.0. The Hall–Kier alpha value is -5.78. The van der Waals surface area contributed by atoms with Gasteiger partial charge in [0.25, 0.3) is 0 Å². The quantitative estimate of drug-likeness (QED) is 0.159. The van der Waals surface area contributed by atoms with E-state index in [-0.39, 0.29) is 80.1 Å². The van der Waals surface area contributed by atoms with E-state index in [0.29, 0.717) is 35.4 Å². The molecule has 0 amide bonds. The van der Waals surface area contributed by atoms with E-state index >= 15 is 8.78 Å². The van der Waals surface area contributed by atoms with Crippen LogP contribution in [0.3, 0.4) is 0 Å². The van der Waals surface area contributed by atoms with E-state index in [0.717, 1.165) is 65.9 Å². The van der Waals surface area contributed by atoms with E-state index in [4.69, 9.17) is 0 Å². The first-order valence-electron chi connectivity index (χ1n) is 33.2. The number of aliphatic hydroxyl groups is 2. The van der Waals surface area contributed by atoms with Crippen molar-refractivity contribution in [2.45, 2.75) is 234 Å². The topological polar surface area (TPSA) is 50.3 Å². The van der Waals surface area contributed by atoms with Crippen LogP contribution in [0.15, 0.2) is 145 Å². The van der Waals surface area contributed by atoms with E-state index in [1.807, 2.05) is 90.1 Å². The number of halogens is 2. The molecule has 10 rings (SSSR count). The molecule has 0 saturated carbocycles. The Morgan fingerprint density at radius 3 is 0.868 bits per heavy atom. The van der Waals surface area contributed by atoms with E-state index < -0.39 is 22.2 Å². The average Bonchev–Trinajstić information content (AvgIpc) is 1.68. The molecule has 4 nitrogen and oxygen atoms in total. The molecule has 0 fully saturated rings. The van der Waals surface area contributed by atoms with Crippen LogP contribution in [0.25, 0.3) is 66.2 Å². The Bertz CT molecular complexity index is 3770. The van der Waals surface area contributed by atoms with Crippen molar-refractivity contribution in [1.82, 2.24) is 9.13 Å². The summed E-state index contributed by atoms with van der Waals surface area (Å²) in [4.78, 5) is 0. The molecular formula is C84H110F2N2O2Zr. The molecule has 2 aliphatic carbocycles. The second kappa shape index (κ2) is 24.8. The molecule has 2 unspecified atom stereocenters. The standard InChI is InChI=1S/2C41H52FNO.2CH3.Zr/c2*1-26-14-13-15-27(20-26)32-23-41(42,40(11,12)25-37(2,3)4)24-35(36(32)44)43-33-21-28(38(5,6)7)16-18-30(33)31-19-17-29(22-34(31)43)39(8,9)10;;;/h2*13-23,44H,24-25H2,1-12H3;2*1H3;. The summed E-state index contributed by atoms with van der Waals surface area (Å²) in [5, 5.41) is 29.0. The molecule has 0 saturated heterocycles. The number of aliphatic hydroxyl groups excluding tert-OH is 2. The van der Waals surface area contributed by atoms with Crippen molar-refractivity contribution in [1.29, 1.82) is 0 Å². The predicted octanol–water partition coefficient (Wildman–Crippen LogP) is 25.3. The first kappa shape index (κ1) is 71.1. The Morgan fingerprint density at radius 1 is 0.396 bits per heavy atom. The molecule has 2 aliphatic rings. The zero-order chi connectivity index (χ0) is 67.9. The Balaban J connectivity index is 0.000000225. The van der Waals surface area contributed by atoms with Crippen molar-refractivity contribution in [3.63, 3.8) is 0 Å². The van der Waals surface area contributed by atoms with Gasteiger partial charge in [-0.05, 0) is 129 Å². The number of rotatable bonds is 8. The van der Waals surface area contributed by atoms with Gasteiger partial charge in [-0.2, -0.15) is 0 Å². The summed E-state index contributed by atoms with van der Waals surface area (Å²) in [6, 6.07) is 42.7. The molecule has 7 heteroatoms. The van der Waals surface area contributed by atoms with Gasteiger partial charge >= 0.3 is 32.5 Å². The number of nitrogens with zero attached hydrogens (tertiary/aromatic N) is 2. The van der Waals surface area contributed by atoms with Crippen LogP contribution in [0.1, 0.15) is 223 Å². The first-order valence-corrected chi connectivity index (χ1v) is 38.2. The van der Waals surface area contributed by atoms with E-state index in [2.05, 4.69) is 216 Å². The van der Waals surface area contributed by atoms with Gasteiger partial charge in [-0.3, -0.25) is 0 Å². The third-order valence-corrected chi connectivity index (χ3v) is 19.0. The molecule has 2 atom stereocenters. The van der Waals surface area contributed by atoms with Gasteiger partial charge < -0.3 is 19.3 Å². The van der Waals surface area contributed by atoms with Gasteiger partial charge in [0.05, 0.1) is 33.5 Å². The van der Waals surface area contributed by atoms with Gasteiger partial charge in [0.2, 0.25) is 0 Å². The summed E-state index contributed by atoms with van der Waals surface area (Å²) in [5.74, 6) is 0.299. The number of hydrogen-bond donors (Lipinski definition) is 2. The number of fused-ring (bicyclic) bond motifs is 6. The molecule has 486 valence electrons. The van der Waals surface area contributed by atoms with Gasteiger partial charge in [0, 0.05) is 56.4 Å².